The number of aryl methyl sites for hydroxylation is 1. The lowest BCUT2D eigenvalue weighted by atomic mass is 10.2. The van der Waals surface area contributed by atoms with Crippen LogP contribution in [0.1, 0.15) is 22.8 Å². The maximum Gasteiger partial charge on any atom is 0.272 e. The van der Waals surface area contributed by atoms with Crippen molar-refractivity contribution in [1.29, 1.82) is 0 Å². The Labute approximate surface area is 131 Å². The molecule has 0 bridgehead atoms. The lowest BCUT2D eigenvalue weighted by Gasteiger charge is -2.24. The number of carbonyl (C=O) groups excluding carboxylic acids is 1. The Morgan fingerprint density at radius 1 is 1.24 bits per heavy atom. The van der Waals surface area contributed by atoms with E-state index in [0.29, 0.717) is 11.0 Å². The van der Waals surface area contributed by atoms with Crippen molar-refractivity contribution in [2.45, 2.75) is 13.8 Å². The Bertz CT molecular complexity index is 643. The predicted octanol–water partition coefficient (Wildman–Crippen LogP) is 4.07. The molecule has 3 nitrogen and oxygen atoms in total. The second-order valence-corrected chi connectivity index (χ2v) is 5.56. The van der Waals surface area contributed by atoms with E-state index in [-0.39, 0.29) is 5.56 Å². The van der Waals surface area contributed by atoms with Crippen molar-refractivity contribution in [1.82, 2.24) is 5.43 Å². The topological polar surface area (TPSA) is 32.3 Å². The summed E-state index contributed by atoms with van der Waals surface area (Å²) in [6.07, 6.45) is 0. The smallest absolute Gasteiger partial charge is 0.272 e. The zero-order valence-electron chi connectivity index (χ0n) is 11.9. The molecule has 0 radical (unpaired) electrons. The van der Waals surface area contributed by atoms with Crippen LogP contribution in [-0.2, 0) is 0 Å². The Hall–Kier alpha value is -1.88. The molecule has 21 heavy (non-hydrogen) atoms. The van der Waals surface area contributed by atoms with Gasteiger partial charge in [0.15, 0.2) is 0 Å². The molecule has 0 aromatic heterocycles. The molecule has 0 heterocycles. The molecule has 5 heteroatoms. The number of rotatable bonds is 4. The third-order valence-electron chi connectivity index (χ3n) is 3.07. The van der Waals surface area contributed by atoms with Gasteiger partial charge in [-0.15, -0.1) is 0 Å². The first-order valence-electron chi connectivity index (χ1n) is 6.61. The third-order valence-corrected chi connectivity index (χ3v) is 3.56. The second kappa shape index (κ2) is 6.72. The summed E-state index contributed by atoms with van der Waals surface area (Å²) >= 11 is 3.24. The maximum atomic E-state index is 13.7. The van der Waals surface area contributed by atoms with Gasteiger partial charge in [-0.2, -0.15) is 0 Å². The summed E-state index contributed by atoms with van der Waals surface area (Å²) in [5.41, 5.74) is 4.72. The Morgan fingerprint density at radius 2 is 1.90 bits per heavy atom. The molecule has 0 saturated heterocycles. The van der Waals surface area contributed by atoms with Crippen LogP contribution in [0.3, 0.4) is 0 Å². The molecule has 1 N–H and O–H groups in total. The molecule has 2 aromatic carbocycles. The zero-order valence-corrected chi connectivity index (χ0v) is 13.4. The molecule has 0 spiro atoms. The van der Waals surface area contributed by atoms with Crippen molar-refractivity contribution >= 4 is 27.5 Å². The van der Waals surface area contributed by atoms with Crippen molar-refractivity contribution in [2.75, 3.05) is 11.6 Å². The van der Waals surface area contributed by atoms with Gasteiger partial charge in [-0.1, -0.05) is 33.6 Å². The molecule has 110 valence electrons. The van der Waals surface area contributed by atoms with E-state index in [2.05, 4.69) is 21.4 Å². The summed E-state index contributed by atoms with van der Waals surface area (Å²) in [5.74, 6) is -1.02. The van der Waals surface area contributed by atoms with Crippen LogP contribution < -0.4 is 10.4 Å². The van der Waals surface area contributed by atoms with Crippen LogP contribution in [0.25, 0.3) is 0 Å². The molecule has 0 aliphatic carbocycles. The Kier molecular flexibility index (Phi) is 4.96. The molecule has 1 amide bonds. The summed E-state index contributed by atoms with van der Waals surface area (Å²) < 4.78 is 14.4. The number of anilines is 1. The van der Waals surface area contributed by atoms with E-state index in [1.165, 1.54) is 12.1 Å². The lowest BCUT2D eigenvalue weighted by molar-refractivity contribution is 0.0945. The van der Waals surface area contributed by atoms with Gasteiger partial charge in [0.05, 0.1) is 11.3 Å². The van der Waals surface area contributed by atoms with E-state index in [1.54, 1.807) is 11.1 Å². The van der Waals surface area contributed by atoms with Gasteiger partial charge in [0.2, 0.25) is 0 Å². The van der Waals surface area contributed by atoms with E-state index < -0.39 is 11.7 Å². The van der Waals surface area contributed by atoms with Crippen LogP contribution in [0.4, 0.5) is 10.1 Å². The molecule has 2 rings (SSSR count). The summed E-state index contributed by atoms with van der Waals surface area (Å²) in [7, 11) is 0. The largest absolute Gasteiger partial charge is 0.286 e. The Morgan fingerprint density at radius 3 is 2.52 bits per heavy atom. The van der Waals surface area contributed by atoms with Gasteiger partial charge in [-0.25, -0.2) is 4.39 Å². The van der Waals surface area contributed by atoms with Gasteiger partial charge in [-0.05, 0) is 44.2 Å². The lowest BCUT2D eigenvalue weighted by Crippen LogP contribution is -2.42. The summed E-state index contributed by atoms with van der Waals surface area (Å²) in [6, 6.07) is 12.0. The van der Waals surface area contributed by atoms with Gasteiger partial charge in [-0.3, -0.25) is 15.2 Å². The van der Waals surface area contributed by atoms with E-state index >= 15 is 0 Å². The SMILES string of the molecule is CCN(NC(=O)c1cc(Br)ccc1F)c1ccc(C)cc1. The number of amides is 1. The first-order valence-corrected chi connectivity index (χ1v) is 7.41. The fourth-order valence-corrected chi connectivity index (χ4v) is 2.27. The highest BCUT2D eigenvalue weighted by molar-refractivity contribution is 9.10. The number of hydrogen-bond acceptors (Lipinski definition) is 2. The minimum atomic E-state index is -0.546. The normalized spacial score (nSPS) is 10.3. The highest BCUT2D eigenvalue weighted by Crippen LogP contribution is 2.17. The number of nitrogens with zero attached hydrogens (tertiary/aromatic N) is 1. The van der Waals surface area contributed by atoms with Crippen LogP contribution in [0.15, 0.2) is 46.9 Å². The Balaban J connectivity index is 2.20. The molecule has 0 fully saturated rings. The van der Waals surface area contributed by atoms with Gasteiger partial charge < -0.3 is 0 Å². The second-order valence-electron chi connectivity index (χ2n) is 4.64. The van der Waals surface area contributed by atoms with E-state index in [9.17, 15) is 9.18 Å². The highest BCUT2D eigenvalue weighted by atomic mass is 79.9. The summed E-state index contributed by atoms with van der Waals surface area (Å²) in [4.78, 5) is 12.2. The number of halogens is 2. The first-order chi connectivity index (χ1) is 10.0. The number of hydrogen-bond donors (Lipinski definition) is 1. The summed E-state index contributed by atoms with van der Waals surface area (Å²) in [6.45, 7) is 4.48. The molecular weight excluding hydrogens is 335 g/mol. The van der Waals surface area contributed by atoms with E-state index in [0.717, 1.165) is 11.3 Å². The standard InChI is InChI=1S/C16H16BrFN2O/c1-3-20(13-7-4-11(2)5-8-13)19-16(21)14-10-12(17)6-9-15(14)18/h4-10H,3H2,1-2H3,(H,19,21). The van der Waals surface area contributed by atoms with Crippen LogP contribution in [0, 0.1) is 12.7 Å². The zero-order chi connectivity index (χ0) is 15.4. The monoisotopic (exact) mass is 350 g/mol. The van der Waals surface area contributed by atoms with E-state index in [4.69, 9.17) is 0 Å². The predicted molar refractivity (Wildman–Crippen MR) is 85.8 cm³/mol. The van der Waals surface area contributed by atoms with Crippen LogP contribution >= 0.6 is 15.9 Å². The fourth-order valence-electron chi connectivity index (χ4n) is 1.91. The van der Waals surface area contributed by atoms with E-state index in [1.807, 2.05) is 38.1 Å². The minimum Gasteiger partial charge on any atom is -0.286 e. The van der Waals surface area contributed by atoms with Crippen LogP contribution in [0.2, 0.25) is 0 Å². The summed E-state index contributed by atoms with van der Waals surface area (Å²) in [5, 5.41) is 1.68. The molecule has 0 saturated carbocycles. The number of carbonyl (C=O) groups is 1. The van der Waals surface area contributed by atoms with Crippen molar-refractivity contribution in [3.8, 4) is 0 Å². The molecule has 0 aliphatic rings. The number of nitrogens with one attached hydrogen (secondary N) is 1. The van der Waals surface area contributed by atoms with Crippen LogP contribution in [-0.4, -0.2) is 12.5 Å². The van der Waals surface area contributed by atoms with Crippen molar-refractivity contribution in [3.63, 3.8) is 0 Å². The van der Waals surface area contributed by atoms with Gasteiger partial charge in [0.1, 0.15) is 5.82 Å². The fraction of sp³-hybridized carbons (Fsp3) is 0.188. The molecule has 0 atom stereocenters. The molecule has 0 unspecified atom stereocenters. The maximum absolute atomic E-state index is 13.7. The van der Waals surface area contributed by atoms with Gasteiger partial charge in [0, 0.05) is 11.0 Å². The highest BCUT2D eigenvalue weighted by Gasteiger charge is 2.15. The van der Waals surface area contributed by atoms with Crippen LogP contribution in [0.5, 0.6) is 0 Å². The average molecular weight is 351 g/mol. The number of benzene rings is 2. The molecule has 2 aromatic rings. The number of hydrazine groups is 1. The van der Waals surface area contributed by atoms with Crippen molar-refractivity contribution in [3.05, 3.63) is 63.9 Å². The third kappa shape index (κ3) is 3.82. The van der Waals surface area contributed by atoms with Gasteiger partial charge in [0.25, 0.3) is 5.91 Å². The average Bonchev–Trinajstić information content (AvgIpc) is 2.48. The molecule has 0 aliphatic heterocycles. The van der Waals surface area contributed by atoms with Crippen molar-refractivity contribution in [2.24, 2.45) is 0 Å². The minimum absolute atomic E-state index is 0.00920. The van der Waals surface area contributed by atoms with Crippen molar-refractivity contribution < 1.29 is 9.18 Å². The molecular formula is C16H16BrFN2O. The quantitative estimate of drug-likeness (QED) is 0.843. The van der Waals surface area contributed by atoms with Gasteiger partial charge >= 0.3 is 0 Å². The first kappa shape index (κ1) is 15.5.